The number of ketones is 1. The fourth-order valence-electron chi connectivity index (χ4n) is 2.02. The van der Waals surface area contributed by atoms with Crippen molar-refractivity contribution in [2.75, 3.05) is 6.54 Å². The molecule has 0 aromatic heterocycles. The largest absolute Gasteiger partial charge is 0.480 e. The number of nitrogens with one attached hydrogen (secondary N) is 2. The van der Waals surface area contributed by atoms with Gasteiger partial charge in [0.15, 0.2) is 5.78 Å². The summed E-state index contributed by atoms with van der Waals surface area (Å²) in [6.07, 6.45) is -0.206. The molecule has 0 aliphatic rings. The molecule has 3 N–H and O–H groups in total. The predicted molar refractivity (Wildman–Crippen MR) is 90.7 cm³/mol. The summed E-state index contributed by atoms with van der Waals surface area (Å²) in [5, 5.41) is 11.4. The van der Waals surface area contributed by atoms with Crippen LogP contribution in [0.2, 0.25) is 0 Å². The second kappa shape index (κ2) is 8.72. The average Bonchev–Trinajstić information content (AvgIpc) is 2.52. The first-order chi connectivity index (χ1) is 11.5. The zero-order valence-corrected chi connectivity index (χ0v) is 15.1. The second-order valence-electron chi connectivity index (χ2n) is 5.86. The molecule has 0 saturated heterocycles. The first kappa shape index (κ1) is 20.8. The molecule has 0 aliphatic heterocycles. The highest BCUT2D eigenvalue weighted by Crippen LogP contribution is 2.12. The van der Waals surface area contributed by atoms with Gasteiger partial charge in [-0.25, -0.2) is 17.9 Å². The number of aliphatic carboxylic acids is 1. The van der Waals surface area contributed by atoms with Gasteiger partial charge in [-0.15, -0.1) is 0 Å². The molecule has 0 aliphatic carbocycles. The fourth-order valence-corrected chi connectivity index (χ4v) is 3.10. The second-order valence-corrected chi connectivity index (χ2v) is 7.63. The van der Waals surface area contributed by atoms with Gasteiger partial charge in [0.05, 0.1) is 4.90 Å². The fraction of sp³-hybridized carbons (Fsp3) is 0.438. The number of rotatable bonds is 9. The van der Waals surface area contributed by atoms with E-state index in [1.807, 2.05) is 0 Å². The number of carboxylic acid groups (broad SMARTS) is 1. The molecular formula is C16H22N2O6S. The molecular weight excluding hydrogens is 348 g/mol. The van der Waals surface area contributed by atoms with E-state index in [2.05, 4.69) is 10.0 Å². The maximum atomic E-state index is 12.2. The van der Waals surface area contributed by atoms with Gasteiger partial charge in [0, 0.05) is 18.5 Å². The first-order valence-electron chi connectivity index (χ1n) is 7.67. The lowest BCUT2D eigenvalue weighted by Crippen LogP contribution is -2.45. The number of hydrogen-bond acceptors (Lipinski definition) is 5. The number of Topliss-reactive ketones (excluding diaryl/α,β-unsaturated/α-hetero) is 1. The van der Waals surface area contributed by atoms with Crippen molar-refractivity contribution >= 4 is 27.7 Å². The Kier molecular flexibility index (Phi) is 7.25. The summed E-state index contributed by atoms with van der Waals surface area (Å²) < 4.78 is 26.6. The van der Waals surface area contributed by atoms with Gasteiger partial charge in [0.1, 0.15) is 6.04 Å². The van der Waals surface area contributed by atoms with Crippen molar-refractivity contribution in [2.45, 2.75) is 38.1 Å². The normalized spacial score (nSPS) is 12.6. The third-order valence-electron chi connectivity index (χ3n) is 3.44. The molecule has 25 heavy (non-hydrogen) atoms. The standard InChI is InChI=1S/C16H22N2O6S/c1-10(2)15(16(21)22)18-14(20)7-8-17-25(23,24)13-6-4-5-12(9-13)11(3)19/h4-6,9-10,15,17H,7-8H2,1-3H3,(H,18,20)(H,21,22)/t15-/m0/s1. The molecule has 1 rings (SSSR count). The van der Waals surface area contributed by atoms with Crippen LogP contribution in [-0.2, 0) is 19.6 Å². The van der Waals surface area contributed by atoms with Crippen LogP contribution in [0.4, 0.5) is 0 Å². The minimum absolute atomic E-state index is 0.0776. The number of carbonyl (C=O) groups excluding carboxylic acids is 2. The van der Waals surface area contributed by atoms with E-state index in [0.717, 1.165) is 0 Å². The predicted octanol–water partition coefficient (Wildman–Crippen LogP) is 0.783. The molecule has 138 valence electrons. The van der Waals surface area contributed by atoms with E-state index in [1.165, 1.54) is 31.2 Å². The number of amides is 1. The SMILES string of the molecule is CC(=O)c1cccc(S(=O)(=O)NCCC(=O)N[C@H](C(=O)O)C(C)C)c1. The highest BCUT2D eigenvalue weighted by molar-refractivity contribution is 7.89. The molecule has 0 saturated carbocycles. The molecule has 8 nitrogen and oxygen atoms in total. The number of hydrogen-bond donors (Lipinski definition) is 3. The van der Waals surface area contributed by atoms with Crippen LogP contribution in [0.25, 0.3) is 0 Å². The van der Waals surface area contributed by atoms with Gasteiger partial charge in [-0.05, 0) is 25.0 Å². The lowest BCUT2D eigenvalue weighted by Gasteiger charge is -2.17. The molecule has 0 radical (unpaired) electrons. The van der Waals surface area contributed by atoms with E-state index < -0.39 is 27.9 Å². The Morgan fingerprint density at radius 2 is 1.84 bits per heavy atom. The van der Waals surface area contributed by atoms with Crippen LogP contribution in [0.15, 0.2) is 29.2 Å². The van der Waals surface area contributed by atoms with Gasteiger partial charge in [0.2, 0.25) is 15.9 Å². The van der Waals surface area contributed by atoms with Crippen molar-refractivity contribution in [3.8, 4) is 0 Å². The number of benzene rings is 1. The zero-order chi connectivity index (χ0) is 19.2. The summed E-state index contributed by atoms with van der Waals surface area (Å²) in [7, 11) is -3.87. The van der Waals surface area contributed by atoms with E-state index in [1.54, 1.807) is 13.8 Å². The maximum Gasteiger partial charge on any atom is 0.326 e. The van der Waals surface area contributed by atoms with Crippen LogP contribution in [-0.4, -0.2) is 43.8 Å². The van der Waals surface area contributed by atoms with Crippen molar-refractivity contribution in [3.05, 3.63) is 29.8 Å². The molecule has 0 bridgehead atoms. The highest BCUT2D eigenvalue weighted by atomic mass is 32.2. The van der Waals surface area contributed by atoms with Gasteiger partial charge in [-0.2, -0.15) is 0 Å². The summed E-state index contributed by atoms with van der Waals surface area (Å²) in [4.78, 5) is 34.0. The molecule has 1 atom stereocenters. The Hall–Kier alpha value is -2.26. The van der Waals surface area contributed by atoms with Gasteiger partial charge in [-0.3, -0.25) is 9.59 Å². The molecule has 1 aromatic rings. The lowest BCUT2D eigenvalue weighted by molar-refractivity contribution is -0.143. The van der Waals surface area contributed by atoms with E-state index in [0.29, 0.717) is 0 Å². The number of sulfonamides is 1. The summed E-state index contributed by atoms with van der Waals surface area (Å²) >= 11 is 0. The van der Waals surface area contributed by atoms with Crippen LogP contribution in [0.5, 0.6) is 0 Å². The van der Waals surface area contributed by atoms with Crippen molar-refractivity contribution in [2.24, 2.45) is 5.92 Å². The first-order valence-corrected chi connectivity index (χ1v) is 9.15. The van der Waals surface area contributed by atoms with Crippen LogP contribution < -0.4 is 10.0 Å². The summed E-state index contributed by atoms with van der Waals surface area (Å²) in [6, 6.07) is 4.53. The topological polar surface area (TPSA) is 130 Å². The Morgan fingerprint density at radius 3 is 2.36 bits per heavy atom. The third kappa shape index (κ3) is 6.28. The minimum atomic E-state index is -3.87. The van der Waals surface area contributed by atoms with E-state index >= 15 is 0 Å². The molecule has 0 spiro atoms. The quantitative estimate of drug-likeness (QED) is 0.551. The van der Waals surface area contributed by atoms with Gasteiger partial charge in [0.25, 0.3) is 0 Å². The van der Waals surface area contributed by atoms with Crippen LogP contribution >= 0.6 is 0 Å². The Labute approximate surface area is 146 Å². The van der Waals surface area contributed by atoms with Crippen LogP contribution in [0.1, 0.15) is 37.6 Å². The minimum Gasteiger partial charge on any atom is -0.480 e. The molecule has 0 fully saturated rings. The zero-order valence-electron chi connectivity index (χ0n) is 14.3. The van der Waals surface area contributed by atoms with Gasteiger partial charge in [-0.1, -0.05) is 26.0 Å². The molecule has 0 heterocycles. The Balaban J connectivity index is 2.65. The lowest BCUT2D eigenvalue weighted by atomic mass is 10.0. The van der Waals surface area contributed by atoms with E-state index in [9.17, 15) is 22.8 Å². The molecule has 1 amide bonds. The number of carbonyl (C=O) groups is 3. The van der Waals surface area contributed by atoms with E-state index in [4.69, 9.17) is 5.11 Å². The summed E-state index contributed by atoms with van der Waals surface area (Å²) in [5.74, 6) is -2.27. The van der Waals surface area contributed by atoms with Gasteiger partial charge < -0.3 is 10.4 Å². The summed E-state index contributed by atoms with van der Waals surface area (Å²) in [6.45, 7) is 4.45. The smallest absolute Gasteiger partial charge is 0.326 e. The highest BCUT2D eigenvalue weighted by Gasteiger charge is 2.23. The Bertz CT molecular complexity index is 758. The van der Waals surface area contributed by atoms with E-state index in [-0.39, 0.29) is 35.1 Å². The van der Waals surface area contributed by atoms with Crippen LogP contribution in [0.3, 0.4) is 0 Å². The van der Waals surface area contributed by atoms with Gasteiger partial charge >= 0.3 is 5.97 Å². The van der Waals surface area contributed by atoms with Crippen LogP contribution in [0, 0.1) is 5.92 Å². The van der Waals surface area contributed by atoms with Crippen molar-refractivity contribution in [3.63, 3.8) is 0 Å². The monoisotopic (exact) mass is 370 g/mol. The maximum absolute atomic E-state index is 12.2. The summed E-state index contributed by atoms with van der Waals surface area (Å²) in [5.41, 5.74) is 0.266. The number of carboxylic acids is 1. The molecule has 9 heteroatoms. The molecule has 0 unspecified atom stereocenters. The Morgan fingerprint density at radius 1 is 1.20 bits per heavy atom. The third-order valence-corrected chi connectivity index (χ3v) is 4.90. The molecule has 1 aromatic carbocycles. The average molecular weight is 370 g/mol. The van der Waals surface area contributed by atoms with Crippen molar-refractivity contribution in [1.29, 1.82) is 0 Å². The van der Waals surface area contributed by atoms with Crippen molar-refractivity contribution < 1.29 is 27.9 Å². The van der Waals surface area contributed by atoms with Crippen molar-refractivity contribution in [1.82, 2.24) is 10.0 Å².